The number of hydrogen-bond acceptors (Lipinski definition) is 5. The number of aromatic nitrogens is 1. The number of nitrogens with one attached hydrogen (secondary N) is 2. The van der Waals surface area contributed by atoms with Crippen LogP contribution < -0.4 is 15.5 Å². The molecule has 5 nitrogen and oxygen atoms in total. The van der Waals surface area contributed by atoms with Gasteiger partial charge in [0.25, 0.3) is 0 Å². The molecule has 1 aromatic heterocycles. The Morgan fingerprint density at radius 1 is 1.23 bits per heavy atom. The first-order chi connectivity index (χ1) is 14.3. The molecule has 2 atom stereocenters. The zero-order valence-corrected chi connectivity index (χ0v) is 16.4. The lowest BCUT2D eigenvalue weighted by Gasteiger charge is -2.40. The Balaban J connectivity index is 1.51. The average Bonchev–Trinajstić information content (AvgIpc) is 3.16. The molecule has 2 N–H and O–H groups in total. The lowest BCUT2D eigenvalue weighted by molar-refractivity contribution is -0.136. The molecule has 0 saturated carbocycles. The maximum absolute atomic E-state index is 13.8. The van der Waals surface area contributed by atoms with Gasteiger partial charge >= 0.3 is 6.18 Å². The van der Waals surface area contributed by atoms with Gasteiger partial charge in [-0.3, -0.25) is 4.98 Å². The van der Waals surface area contributed by atoms with E-state index in [1.165, 1.54) is 12.3 Å². The maximum atomic E-state index is 13.8. The van der Waals surface area contributed by atoms with Gasteiger partial charge < -0.3 is 20.3 Å². The molecule has 30 heavy (non-hydrogen) atoms. The number of rotatable bonds is 5. The van der Waals surface area contributed by atoms with Crippen molar-refractivity contribution >= 4 is 22.9 Å². The van der Waals surface area contributed by atoms with Crippen molar-refractivity contribution < 1.29 is 22.4 Å². The van der Waals surface area contributed by atoms with Crippen molar-refractivity contribution in [3.63, 3.8) is 0 Å². The standard InChI is InChI=1S/C21H24F4N4O/c22-16-10-26-11-17(16)28-12-20(13-30)5-8-29(9-6-20)18-4-3-15(21(23,24)25)19-14(18)2-1-7-27-19/h1-4,7,13,16-17,26,28H,5-6,8-12H2/t16?,17-/m1/s1. The molecule has 3 heterocycles. The van der Waals surface area contributed by atoms with E-state index in [0.29, 0.717) is 56.6 Å². The van der Waals surface area contributed by atoms with Gasteiger partial charge in [-0.15, -0.1) is 0 Å². The minimum Gasteiger partial charge on any atom is -0.371 e. The fourth-order valence-electron chi connectivity index (χ4n) is 4.37. The van der Waals surface area contributed by atoms with Crippen LogP contribution >= 0.6 is 0 Å². The summed E-state index contributed by atoms with van der Waals surface area (Å²) in [6.07, 6.45) is -2.06. The summed E-state index contributed by atoms with van der Waals surface area (Å²) in [5, 5.41) is 6.61. The molecule has 2 aromatic rings. The molecule has 0 spiro atoms. The summed E-state index contributed by atoms with van der Waals surface area (Å²) in [5.74, 6) is 0. The third-order valence-corrected chi connectivity index (χ3v) is 6.26. The number of alkyl halides is 4. The summed E-state index contributed by atoms with van der Waals surface area (Å²) in [4.78, 5) is 17.9. The first-order valence-electron chi connectivity index (χ1n) is 10.1. The molecular formula is C21H24F4N4O. The van der Waals surface area contributed by atoms with Crippen LogP contribution in [-0.2, 0) is 11.0 Å². The Labute approximate surface area is 171 Å². The highest BCUT2D eigenvalue weighted by molar-refractivity contribution is 5.94. The highest BCUT2D eigenvalue weighted by Crippen LogP contribution is 2.39. The third kappa shape index (κ3) is 4.00. The largest absolute Gasteiger partial charge is 0.418 e. The molecule has 0 amide bonds. The van der Waals surface area contributed by atoms with Crippen LogP contribution in [0.2, 0.25) is 0 Å². The first-order valence-corrected chi connectivity index (χ1v) is 10.1. The van der Waals surface area contributed by atoms with Crippen LogP contribution in [0.15, 0.2) is 30.5 Å². The van der Waals surface area contributed by atoms with Gasteiger partial charge in [0.1, 0.15) is 12.5 Å². The number of carbonyl (C=O) groups is 1. The highest BCUT2D eigenvalue weighted by Gasteiger charge is 2.38. The summed E-state index contributed by atoms with van der Waals surface area (Å²) in [6.45, 7) is 2.29. The third-order valence-electron chi connectivity index (χ3n) is 6.26. The average molecular weight is 424 g/mol. The van der Waals surface area contributed by atoms with E-state index in [0.717, 1.165) is 12.4 Å². The number of hydrogen-bond donors (Lipinski definition) is 2. The van der Waals surface area contributed by atoms with Gasteiger partial charge in [0.15, 0.2) is 0 Å². The van der Waals surface area contributed by atoms with E-state index in [-0.39, 0.29) is 11.6 Å². The second-order valence-corrected chi connectivity index (χ2v) is 8.16. The van der Waals surface area contributed by atoms with Crippen molar-refractivity contribution in [1.29, 1.82) is 0 Å². The number of aldehydes is 1. The number of anilines is 1. The molecule has 0 aliphatic carbocycles. The number of pyridine rings is 1. The maximum Gasteiger partial charge on any atom is 0.418 e. The number of fused-ring (bicyclic) bond motifs is 1. The molecule has 2 fully saturated rings. The smallest absolute Gasteiger partial charge is 0.371 e. The van der Waals surface area contributed by atoms with E-state index in [1.807, 2.05) is 4.90 Å². The van der Waals surface area contributed by atoms with Gasteiger partial charge in [0, 0.05) is 55.4 Å². The molecule has 1 aromatic carbocycles. The van der Waals surface area contributed by atoms with Gasteiger partial charge in [-0.1, -0.05) is 0 Å². The number of halogens is 4. The van der Waals surface area contributed by atoms with E-state index in [1.54, 1.807) is 12.1 Å². The van der Waals surface area contributed by atoms with Gasteiger partial charge in [-0.25, -0.2) is 4.39 Å². The van der Waals surface area contributed by atoms with E-state index in [9.17, 15) is 22.4 Å². The van der Waals surface area contributed by atoms with Gasteiger partial charge in [-0.05, 0) is 37.1 Å². The molecule has 9 heteroatoms. The van der Waals surface area contributed by atoms with Crippen molar-refractivity contribution in [2.45, 2.75) is 31.2 Å². The minimum absolute atomic E-state index is 0.0703. The normalized spacial score (nSPS) is 24.3. The molecule has 4 rings (SSSR count). The molecule has 2 aliphatic heterocycles. The van der Waals surface area contributed by atoms with Crippen LogP contribution in [0.3, 0.4) is 0 Å². The predicted molar refractivity (Wildman–Crippen MR) is 106 cm³/mol. The highest BCUT2D eigenvalue weighted by atomic mass is 19.4. The second kappa shape index (κ2) is 8.11. The SMILES string of the molecule is O=CC1(CN[C@@H]2CNCC2F)CCN(c2ccc(C(F)(F)F)c3ncccc23)CC1. The summed E-state index contributed by atoms with van der Waals surface area (Å²) < 4.78 is 53.9. The number of carbonyl (C=O) groups excluding carboxylic acids is 1. The lowest BCUT2D eigenvalue weighted by Crippen LogP contribution is -2.50. The molecular weight excluding hydrogens is 400 g/mol. The van der Waals surface area contributed by atoms with Crippen molar-refractivity contribution in [2.75, 3.05) is 37.6 Å². The quantitative estimate of drug-likeness (QED) is 0.571. The van der Waals surface area contributed by atoms with Crippen LogP contribution in [0.25, 0.3) is 10.9 Å². The van der Waals surface area contributed by atoms with E-state index in [4.69, 9.17) is 0 Å². The van der Waals surface area contributed by atoms with E-state index in [2.05, 4.69) is 15.6 Å². The molecule has 2 aliphatic rings. The zero-order valence-electron chi connectivity index (χ0n) is 16.4. The monoisotopic (exact) mass is 424 g/mol. The fourth-order valence-corrected chi connectivity index (χ4v) is 4.37. The summed E-state index contributed by atoms with van der Waals surface area (Å²) >= 11 is 0. The predicted octanol–water partition coefficient (Wildman–Crippen LogP) is 2.94. The van der Waals surface area contributed by atoms with Gasteiger partial charge in [0.2, 0.25) is 0 Å². The van der Waals surface area contributed by atoms with Crippen LogP contribution in [0.4, 0.5) is 23.2 Å². The Kier molecular flexibility index (Phi) is 5.67. The number of nitrogens with zero attached hydrogens (tertiary/aromatic N) is 2. The van der Waals surface area contributed by atoms with E-state index >= 15 is 0 Å². The molecule has 162 valence electrons. The molecule has 1 unspecified atom stereocenters. The molecule has 0 bridgehead atoms. The first kappa shape index (κ1) is 21.0. The topological polar surface area (TPSA) is 57.3 Å². The van der Waals surface area contributed by atoms with Crippen molar-refractivity contribution in [2.24, 2.45) is 5.41 Å². The van der Waals surface area contributed by atoms with Crippen molar-refractivity contribution in [3.05, 3.63) is 36.0 Å². The van der Waals surface area contributed by atoms with Crippen molar-refractivity contribution in [1.82, 2.24) is 15.6 Å². The Bertz CT molecular complexity index is 912. The lowest BCUT2D eigenvalue weighted by atomic mass is 9.79. The Hall–Kier alpha value is -2.26. The van der Waals surface area contributed by atoms with Crippen LogP contribution in [0.5, 0.6) is 0 Å². The van der Waals surface area contributed by atoms with Gasteiger partial charge in [0.05, 0.1) is 17.1 Å². The van der Waals surface area contributed by atoms with Crippen LogP contribution in [-0.4, -0.2) is 56.2 Å². The summed E-state index contributed by atoms with van der Waals surface area (Å²) in [7, 11) is 0. The summed E-state index contributed by atoms with van der Waals surface area (Å²) in [5.41, 5.74) is -0.739. The van der Waals surface area contributed by atoms with Crippen LogP contribution in [0.1, 0.15) is 18.4 Å². The zero-order chi connectivity index (χ0) is 21.4. The Morgan fingerprint density at radius 3 is 2.63 bits per heavy atom. The van der Waals surface area contributed by atoms with Crippen LogP contribution in [0, 0.1) is 5.41 Å². The molecule has 2 saturated heterocycles. The van der Waals surface area contributed by atoms with E-state index < -0.39 is 23.3 Å². The number of piperidine rings is 1. The molecule has 0 radical (unpaired) electrons. The second-order valence-electron chi connectivity index (χ2n) is 8.16. The summed E-state index contributed by atoms with van der Waals surface area (Å²) in [6, 6.07) is 5.52. The van der Waals surface area contributed by atoms with Crippen molar-refractivity contribution in [3.8, 4) is 0 Å². The minimum atomic E-state index is -4.48. The fraction of sp³-hybridized carbons (Fsp3) is 0.524. The Morgan fingerprint density at radius 2 is 2.00 bits per heavy atom. The number of benzene rings is 1. The van der Waals surface area contributed by atoms with Gasteiger partial charge in [-0.2, -0.15) is 13.2 Å².